The van der Waals surface area contributed by atoms with Crippen LogP contribution in [0.4, 0.5) is 5.69 Å². The minimum Gasteiger partial charge on any atom is -0.339 e. The molecule has 0 fully saturated rings. The number of likely N-dealkylation sites (N-methyl/N-ethyl adjacent to an activating group) is 1. The second-order valence-electron chi connectivity index (χ2n) is 6.23. The molecule has 1 aliphatic heterocycles. The molecule has 2 N–H and O–H groups in total. The summed E-state index contributed by atoms with van der Waals surface area (Å²) < 4.78 is 0. The van der Waals surface area contributed by atoms with Crippen molar-refractivity contribution in [3.63, 3.8) is 0 Å². The van der Waals surface area contributed by atoms with Crippen molar-refractivity contribution in [3.05, 3.63) is 65.7 Å². The molecule has 130 valence electrons. The zero-order chi connectivity index (χ0) is 17.8. The van der Waals surface area contributed by atoms with Crippen LogP contribution in [-0.4, -0.2) is 31.4 Å². The quantitative estimate of drug-likeness (QED) is 0.878. The molecule has 5 nitrogen and oxygen atoms in total. The molecule has 0 saturated carbocycles. The van der Waals surface area contributed by atoms with Crippen LogP contribution in [0.3, 0.4) is 0 Å². The summed E-state index contributed by atoms with van der Waals surface area (Å²) in [5.74, 6) is -0.301. The molecule has 5 heteroatoms. The van der Waals surface area contributed by atoms with Crippen LogP contribution in [0.15, 0.2) is 54.6 Å². The maximum atomic E-state index is 13.2. The predicted octanol–water partition coefficient (Wildman–Crippen LogP) is 2.04. The molecule has 2 aromatic rings. The Morgan fingerprint density at radius 2 is 1.72 bits per heavy atom. The maximum Gasteiger partial charge on any atom is 0.254 e. The summed E-state index contributed by atoms with van der Waals surface area (Å²) in [6, 6.07) is 16.2. The molecule has 1 aliphatic rings. The zero-order valence-corrected chi connectivity index (χ0v) is 14.5. The van der Waals surface area contributed by atoms with Gasteiger partial charge in [-0.05, 0) is 37.6 Å². The fourth-order valence-corrected chi connectivity index (χ4v) is 3.05. The van der Waals surface area contributed by atoms with E-state index < -0.39 is 6.04 Å². The fourth-order valence-electron chi connectivity index (χ4n) is 3.05. The predicted molar refractivity (Wildman–Crippen MR) is 98.3 cm³/mol. The summed E-state index contributed by atoms with van der Waals surface area (Å²) in [5.41, 5.74) is 2.88. The van der Waals surface area contributed by atoms with Gasteiger partial charge in [0.05, 0.1) is 6.04 Å². The highest BCUT2D eigenvalue weighted by Crippen LogP contribution is 2.30. The summed E-state index contributed by atoms with van der Waals surface area (Å²) in [7, 11) is 1.72. The molecule has 0 bridgehead atoms. The number of anilines is 1. The summed E-state index contributed by atoms with van der Waals surface area (Å²) in [4.78, 5) is 27.4. The van der Waals surface area contributed by atoms with Crippen LogP contribution >= 0.6 is 0 Å². The first-order chi connectivity index (χ1) is 12.1. The van der Waals surface area contributed by atoms with Crippen molar-refractivity contribution in [2.24, 2.45) is 0 Å². The van der Waals surface area contributed by atoms with E-state index in [0.29, 0.717) is 6.54 Å². The first-order valence-electron chi connectivity index (χ1n) is 8.53. The minimum atomic E-state index is -0.698. The second kappa shape index (κ2) is 7.49. The number of para-hydroxylation sites is 1. The highest BCUT2D eigenvalue weighted by molar-refractivity contribution is 6.01. The number of carbonyl (C=O) groups is 2. The summed E-state index contributed by atoms with van der Waals surface area (Å²) in [6.45, 7) is 2.41. The molecule has 3 rings (SSSR count). The molecule has 2 amide bonds. The Morgan fingerprint density at radius 1 is 1.04 bits per heavy atom. The van der Waals surface area contributed by atoms with Gasteiger partial charge in [-0.15, -0.1) is 0 Å². The summed E-state index contributed by atoms with van der Waals surface area (Å²) >= 11 is 0. The number of hydrogen-bond donors (Lipinski definition) is 2. The Balaban J connectivity index is 1.89. The van der Waals surface area contributed by atoms with Crippen molar-refractivity contribution in [1.29, 1.82) is 0 Å². The molecule has 1 heterocycles. The SMILES string of the molecule is CN[C@@H](C)C(=O)N[C@H](C(=O)N1CCc2ccccc21)c1ccccc1. The summed E-state index contributed by atoms with van der Waals surface area (Å²) in [6.07, 6.45) is 0.838. The van der Waals surface area contributed by atoms with E-state index in [1.165, 1.54) is 0 Å². The molecule has 2 atom stereocenters. The number of fused-ring (bicyclic) bond motifs is 1. The monoisotopic (exact) mass is 337 g/mol. The number of benzene rings is 2. The summed E-state index contributed by atoms with van der Waals surface area (Å²) in [5, 5.41) is 5.81. The standard InChI is InChI=1S/C20H23N3O2/c1-14(21-2)19(24)22-18(16-9-4-3-5-10-16)20(25)23-13-12-15-8-6-7-11-17(15)23/h3-11,14,18,21H,12-13H2,1-2H3,(H,22,24)/t14-,18-/m0/s1. The molecule has 0 saturated heterocycles. The van der Waals surface area contributed by atoms with Gasteiger partial charge in [-0.1, -0.05) is 48.5 Å². The Morgan fingerprint density at radius 3 is 2.44 bits per heavy atom. The largest absolute Gasteiger partial charge is 0.339 e. The second-order valence-corrected chi connectivity index (χ2v) is 6.23. The molecular weight excluding hydrogens is 314 g/mol. The van der Waals surface area contributed by atoms with Gasteiger partial charge in [0, 0.05) is 12.2 Å². The highest BCUT2D eigenvalue weighted by Gasteiger charge is 2.32. The Bertz CT molecular complexity index is 761. The number of nitrogens with one attached hydrogen (secondary N) is 2. The first kappa shape index (κ1) is 17.2. The van der Waals surface area contributed by atoms with Crippen LogP contribution in [0.25, 0.3) is 0 Å². The average Bonchev–Trinajstić information content (AvgIpc) is 3.09. The van der Waals surface area contributed by atoms with Crippen LogP contribution in [0.2, 0.25) is 0 Å². The van der Waals surface area contributed by atoms with E-state index >= 15 is 0 Å². The van der Waals surface area contributed by atoms with E-state index in [1.807, 2.05) is 54.6 Å². The van der Waals surface area contributed by atoms with Crippen molar-refractivity contribution in [3.8, 4) is 0 Å². The minimum absolute atomic E-state index is 0.104. The lowest BCUT2D eigenvalue weighted by atomic mass is 10.0. The third-order valence-electron chi connectivity index (χ3n) is 4.65. The van der Waals surface area contributed by atoms with Gasteiger partial charge < -0.3 is 15.5 Å². The van der Waals surface area contributed by atoms with Gasteiger partial charge in [0.1, 0.15) is 6.04 Å². The van der Waals surface area contributed by atoms with Gasteiger partial charge >= 0.3 is 0 Å². The van der Waals surface area contributed by atoms with Crippen molar-refractivity contribution in [2.75, 3.05) is 18.5 Å². The molecule has 0 unspecified atom stereocenters. The lowest BCUT2D eigenvalue weighted by Gasteiger charge is -2.26. The molecule has 0 aromatic heterocycles. The Kier molecular flexibility index (Phi) is 5.14. The van der Waals surface area contributed by atoms with E-state index in [4.69, 9.17) is 0 Å². The van der Waals surface area contributed by atoms with E-state index in [-0.39, 0.29) is 17.9 Å². The van der Waals surface area contributed by atoms with Crippen molar-refractivity contribution in [2.45, 2.75) is 25.4 Å². The fraction of sp³-hybridized carbons (Fsp3) is 0.300. The lowest BCUT2D eigenvalue weighted by molar-refractivity contribution is -0.128. The number of amides is 2. The van der Waals surface area contributed by atoms with E-state index in [1.54, 1.807) is 18.9 Å². The topological polar surface area (TPSA) is 61.4 Å². The number of rotatable bonds is 5. The molecule has 0 aliphatic carbocycles. The zero-order valence-electron chi connectivity index (χ0n) is 14.5. The lowest BCUT2D eigenvalue weighted by Crippen LogP contribution is -2.47. The van der Waals surface area contributed by atoms with Gasteiger partial charge in [-0.3, -0.25) is 9.59 Å². The smallest absolute Gasteiger partial charge is 0.254 e. The van der Waals surface area contributed by atoms with Gasteiger partial charge in [-0.2, -0.15) is 0 Å². The Hall–Kier alpha value is -2.66. The van der Waals surface area contributed by atoms with Gasteiger partial charge in [-0.25, -0.2) is 0 Å². The molecular formula is C20H23N3O2. The number of nitrogens with zero attached hydrogens (tertiary/aromatic N) is 1. The van der Waals surface area contributed by atoms with Crippen molar-refractivity contribution >= 4 is 17.5 Å². The normalized spacial score (nSPS) is 15.4. The molecule has 0 radical (unpaired) electrons. The number of carbonyl (C=O) groups excluding carboxylic acids is 2. The van der Waals surface area contributed by atoms with Gasteiger partial charge in [0.25, 0.3) is 5.91 Å². The van der Waals surface area contributed by atoms with Crippen LogP contribution in [-0.2, 0) is 16.0 Å². The van der Waals surface area contributed by atoms with Gasteiger partial charge in [0.2, 0.25) is 5.91 Å². The van der Waals surface area contributed by atoms with Crippen molar-refractivity contribution in [1.82, 2.24) is 10.6 Å². The van der Waals surface area contributed by atoms with E-state index in [2.05, 4.69) is 10.6 Å². The molecule has 2 aromatic carbocycles. The van der Waals surface area contributed by atoms with Crippen LogP contribution in [0.5, 0.6) is 0 Å². The highest BCUT2D eigenvalue weighted by atomic mass is 16.2. The van der Waals surface area contributed by atoms with E-state index in [0.717, 1.165) is 23.2 Å². The van der Waals surface area contributed by atoms with Crippen LogP contribution in [0.1, 0.15) is 24.1 Å². The third kappa shape index (κ3) is 3.56. The Labute approximate surface area is 148 Å². The van der Waals surface area contributed by atoms with Crippen LogP contribution < -0.4 is 15.5 Å². The number of hydrogen-bond acceptors (Lipinski definition) is 3. The van der Waals surface area contributed by atoms with Gasteiger partial charge in [0.15, 0.2) is 0 Å². The maximum absolute atomic E-state index is 13.2. The average molecular weight is 337 g/mol. The van der Waals surface area contributed by atoms with Crippen LogP contribution in [0, 0.1) is 0 Å². The molecule has 25 heavy (non-hydrogen) atoms. The van der Waals surface area contributed by atoms with E-state index in [9.17, 15) is 9.59 Å². The third-order valence-corrected chi connectivity index (χ3v) is 4.65. The first-order valence-corrected chi connectivity index (χ1v) is 8.53. The molecule has 0 spiro atoms. The van der Waals surface area contributed by atoms with Crippen molar-refractivity contribution < 1.29 is 9.59 Å².